The molecule has 0 N–H and O–H groups in total. The van der Waals surface area contributed by atoms with Crippen LogP contribution >= 0.6 is 0 Å². The molecule has 0 amide bonds. The molecule has 214 valence electrons. The molecular formula is C40H42O2. The average molecular weight is 555 g/mol. The second kappa shape index (κ2) is 12.4. The van der Waals surface area contributed by atoms with Crippen molar-refractivity contribution in [3.05, 3.63) is 141 Å². The maximum absolute atomic E-state index is 6.61. The Labute approximate surface area is 251 Å². The second-order valence-corrected chi connectivity index (χ2v) is 11.5. The summed E-state index contributed by atoms with van der Waals surface area (Å²) in [6.45, 7) is 9.04. The van der Waals surface area contributed by atoms with Gasteiger partial charge in [-0.3, -0.25) is 0 Å². The van der Waals surface area contributed by atoms with E-state index < -0.39 is 0 Å². The average Bonchev–Trinajstić information content (AvgIpc) is 3.54. The number of hydrogen-bond donors (Lipinski definition) is 0. The van der Waals surface area contributed by atoms with Crippen LogP contribution in [0.3, 0.4) is 0 Å². The van der Waals surface area contributed by atoms with Crippen molar-refractivity contribution in [2.24, 2.45) is 0 Å². The van der Waals surface area contributed by atoms with Crippen molar-refractivity contribution in [3.8, 4) is 11.5 Å². The molecule has 0 aromatic heterocycles. The van der Waals surface area contributed by atoms with E-state index in [1.54, 1.807) is 0 Å². The van der Waals surface area contributed by atoms with Crippen LogP contribution in [0.5, 0.6) is 11.5 Å². The zero-order valence-electron chi connectivity index (χ0n) is 25.5. The van der Waals surface area contributed by atoms with E-state index in [4.69, 9.17) is 9.47 Å². The number of ether oxygens (including phenoxy) is 2. The van der Waals surface area contributed by atoms with Crippen molar-refractivity contribution in [1.29, 1.82) is 0 Å². The van der Waals surface area contributed by atoms with Gasteiger partial charge in [0.2, 0.25) is 0 Å². The third-order valence-corrected chi connectivity index (χ3v) is 9.07. The fraction of sp³-hybridized carbons (Fsp3) is 0.300. The lowest BCUT2D eigenvalue weighted by molar-refractivity contribution is 0.358. The summed E-state index contributed by atoms with van der Waals surface area (Å²) >= 11 is 0. The maximum Gasteiger partial charge on any atom is 0.126 e. The Morgan fingerprint density at radius 1 is 0.476 bits per heavy atom. The van der Waals surface area contributed by atoms with Crippen LogP contribution in [-0.4, -0.2) is 0 Å². The van der Waals surface area contributed by atoms with Gasteiger partial charge in [-0.05, 0) is 119 Å². The predicted octanol–water partition coefficient (Wildman–Crippen LogP) is 10.5. The van der Waals surface area contributed by atoms with Crippen LogP contribution < -0.4 is 9.47 Å². The number of rotatable bonds is 11. The lowest BCUT2D eigenvalue weighted by atomic mass is 9.85. The van der Waals surface area contributed by atoms with Gasteiger partial charge in [-0.1, -0.05) is 88.4 Å². The zero-order chi connectivity index (χ0) is 29.1. The molecule has 0 radical (unpaired) electrons. The predicted molar refractivity (Wildman–Crippen MR) is 175 cm³/mol. The van der Waals surface area contributed by atoms with Crippen molar-refractivity contribution in [1.82, 2.24) is 0 Å². The Balaban J connectivity index is 1.35. The molecule has 0 heterocycles. The maximum atomic E-state index is 6.61. The van der Waals surface area contributed by atoms with E-state index in [2.05, 4.69) is 88.4 Å². The van der Waals surface area contributed by atoms with Gasteiger partial charge >= 0.3 is 0 Å². The standard InChI is InChI=1S/C40H42O2/c1-5-27-21-31-25-39(41-33-15-11-9-12-16-33)35(37(31)23-29(27)7-3)19-20-36-38-24-30(8-4)28(6-2)22-32(38)26-40(36)42-34-17-13-10-14-18-34/h9-18,21-26,35-36H,5-8,19-20H2,1-4H3. The van der Waals surface area contributed by atoms with Gasteiger partial charge in [0.1, 0.15) is 23.0 Å². The summed E-state index contributed by atoms with van der Waals surface area (Å²) < 4.78 is 13.2. The highest BCUT2D eigenvalue weighted by molar-refractivity contribution is 5.69. The van der Waals surface area contributed by atoms with E-state index in [0.29, 0.717) is 0 Å². The van der Waals surface area contributed by atoms with Gasteiger partial charge in [0.25, 0.3) is 0 Å². The van der Waals surface area contributed by atoms with Crippen LogP contribution in [0, 0.1) is 0 Å². The van der Waals surface area contributed by atoms with Crippen LogP contribution in [0.2, 0.25) is 0 Å². The first kappa shape index (κ1) is 28.1. The smallest absolute Gasteiger partial charge is 0.126 e. The molecule has 42 heavy (non-hydrogen) atoms. The molecule has 0 saturated carbocycles. The van der Waals surface area contributed by atoms with E-state index in [9.17, 15) is 0 Å². The SMILES string of the molecule is CCc1cc2c(cc1CC)C(CCC1C(Oc3ccccc3)=Cc3cc(CC)c(CC)cc31)C(Oc1ccccc1)=C2. The third-order valence-electron chi connectivity index (χ3n) is 9.07. The molecule has 2 aliphatic carbocycles. The molecule has 2 aliphatic rings. The van der Waals surface area contributed by atoms with Gasteiger partial charge in [0, 0.05) is 11.8 Å². The van der Waals surface area contributed by atoms with Gasteiger partial charge in [0.05, 0.1) is 0 Å². The van der Waals surface area contributed by atoms with Crippen LogP contribution in [-0.2, 0) is 25.7 Å². The highest BCUT2D eigenvalue weighted by Gasteiger charge is 2.33. The normalized spacial score (nSPS) is 17.0. The van der Waals surface area contributed by atoms with Crippen molar-refractivity contribution in [2.75, 3.05) is 0 Å². The molecule has 2 atom stereocenters. The highest BCUT2D eigenvalue weighted by Crippen LogP contribution is 2.47. The minimum atomic E-state index is 0.207. The molecule has 0 aliphatic heterocycles. The number of aryl methyl sites for hydroxylation is 4. The number of allylic oxidation sites excluding steroid dienone is 2. The first-order valence-electron chi connectivity index (χ1n) is 15.8. The third kappa shape index (κ3) is 5.55. The molecule has 2 unspecified atom stereocenters. The summed E-state index contributed by atoms with van der Waals surface area (Å²) in [6.07, 6.45) is 10.7. The molecular weight excluding hydrogens is 512 g/mol. The molecule has 0 bridgehead atoms. The quantitative estimate of drug-likeness (QED) is 0.184. The molecule has 0 fully saturated rings. The van der Waals surface area contributed by atoms with Crippen LogP contribution in [0.25, 0.3) is 12.2 Å². The van der Waals surface area contributed by atoms with E-state index in [-0.39, 0.29) is 11.8 Å². The lowest BCUT2D eigenvalue weighted by Gasteiger charge is -2.23. The lowest BCUT2D eigenvalue weighted by Crippen LogP contribution is -2.11. The number of fused-ring (bicyclic) bond motifs is 2. The first-order valence-corrected chi connectivity index (χ1v) is 15.8. The van der Waals surface area contributed by atoms with Gasteiger partial charge < -0.3 is 9.47 Å². The van der Waals surface area contributed by atoms with Gasteiger partial charge in [0.15, 0.2) is 0 Å². The van der Waals surface area contributed by atoms with Crippen LogP contribution in [0.1, 0.15) is 96.9 Å². The van der Waals surface area contributed by atoms with Gasteiger partial charge in [-0.2, -0.15) is 0 Å². The van der Waals surface area contributed by atoms with Crippen molar-refractivity contribution < 1.29 is 9.47 Å². The Hall–Kier alpha value is -4.04. The molecule has 4 aromatic rings. The number of hydrogen-bond acceptors (Lipinski definition) is 2. The van der Waals surface area contributed by atoms with E-state index in [1.165, 1.54) is 44.5 Å². The van der Waals surface area contributed by atoms with E-state index >= 15 is 0 Å². The monoisotopic (exact) mass is 554 g/mol. The number of benzene rings is 4. The van der Waals surface area contributed by atoms with Gasteiger partial charge in [-0.25, -0.2) is 0 Å². The van der Waals surface area contributed by atoms with Crippen molar-refractivity contribution in [2.45, 2.75) is 78.1 Å². The van der Waals surface area contributed by atoms with Crippen LogP contribution in [0.15, 0.2) is 96.4 Å². The zero-order valence-corrected chi connectivity index (χ0v) is 25.5. The Bertz CT molecular complexity index is 1490. The largest absolute Gasteiger partial charge is 0.461 e. The minimum absolute atomic E-state index is 0.207. The molecule has 2 nitrogen and oxygen atoms in total. The summed E-state index contributed by atoms with van der Waals surface area (Å²) in [5.41, 5.74) is 11.2. The second-order valence-electron chi connectivity index (χ2n) is 11.5. The summed E-state index contributed by atoms with van der Waals surface area (Å²) in [6, 6.07) is 30.2. The fourth-order valence-electron chi connectivity index (χ4n) is 6.82. The fourth-order valence-corrected chi connectivity index (χ4v) is 6.82. The van der Waals surface area contributed by atoms with E-state index in [1.807, 2.05) is 36.4 Å². The molecule has 0 saturated heterocycles. The van der Waals surface area contributed by atoms with Gasteiger partial charge in [-0.15, -0.1) is 0 Å². The minimum Gasteiger partial charge on any atom is -0.461 e. The van der Waals surface area contributed by atoms with Crippen LogP contribution in [0.4, 0.5) is 0 Å². The first-order chi connectivity index (χ1) is 20.6. The van der Waals surface area contributed by atoms with E-state index in [0.717, 1.165) is 61.5 Å². The highest BCUT2D eigenvalue weighted by atomic mass is 16.5. The summed E-state index contributed by atoms with van der Waals surface area (Å²) in [7, 11) is 0. The Kier molecular flexibility index (Phi) is 8.33. The number of para-hydroxylation sites is 2. The Morgan fingerprint density at radius 3 is 1.19 bits per heavy atom. The molecule has 0 spiro atoms. The molecule has 2 heteroatoms. The summed E-state index contributed by atoms with van der Waals surface area (Å²) in [4.78, 5) is 0. The summed E-state index contributed by atoms with van der Waals surface area (Å²) in [5, 5.41) is 0. The van der Waals surface area contributed by atoms with Crippen molar-refractivity contribution >= 4 is 12.2 Å². The molecule has 6 rings (SSSR count). The topological polar surface area (TPSA) is 18.5 Å². The van der Waals surface area contributed by atoms with Crippen molar-refractivity contribution in [3.63, 3.8) is 0 Å². The Morgan fingerprint density at radius 2 is 0.833 bits per heavy atom. The molecule has 4 aromatic carbocycles. The summed E-state index contributed by atoms with van der Waals surface area (Å²) in [5.74, 6) is 4.31.